The number of nitrogens with zero attached hydrogens (tertiary/aromatic N) is 1. The molecule has 10 heteroatoms. The number of carbonyl (C=O) groups is 2. The van der Waals surface area contributed by atoms with Gasteiger partial charge in [0.1, 0.15) is 19.8 Å². The smallest absolute Gasteiger partial charge is 0.462 e. The van der Waals surface area contributed by atoms with Gasteiger partial charge in [0.05, 0.1) is 27.7 Å². The van der Waals surface area contributed by atoms with Crippen molar-refractivity contribution in [3.8, 4) is 0 Å². The highest BCUT2D eigenvalue weighted by Crippen LogP contribution is 2.43. The van der Waals surface area contributed by atoms with Gasteiger partial charge in [-0.1, -0.05) is 104 Å². The van der Waals surface area contributed by atoms with Crippen LogP contribution < -0.4 is 0 Å². The summed E-state index contributed by atoms with van der Waals surface area (Å²) < 4.78 is 33.3. The highest BCUT2D eigenvalue weighted by Gasteiger charge is 2.26. The molecule has 0 saturated carbocycles. The first kappa shape index (κ1) is 39.0. The zero-order chi connectivity index (χ0) is 30.1. The van der Waals surface area contributed by atoms with Crippen molar-refractivity contribution in [2.45, 2.75) is 136 Å². The third-order valence-electron chi connectivity index (χ3n) is 6.61. The van der Waals surface area contributed by atoms with Crippen LogP contribution >= 0.6 is 7.82 Å². The molecule has 0 aliphatic rings. The zero-order valence-corrected chi connectivity index (χ0v) is 27.2. The molecule has 9 nitrogen and oxygen atoms in total. The molecule has 0 bridgehead atoms. The van der Waals surface area contributed by atoms with E-state index in [1.807, 2.05) is 28.1 Å². The summed E-state index contributed by atoms with van der Waals surface area (Å²) in [6.07, 6.45) is 18.9. The molecule has 0 aliphatic heterocycles. The quantitative estimate of drug-likeness (QED) is 0.0434. The number of unbranched alkanes of at least 4 members (excludes halogenated alkanes) is 14. The van der Waals surface area contributed by atoms with Gasteiger partial charge < -0.3 is 18.9 Å². The fraction of sp³-hybridized carbons (Fsp3) is 0.933. The van der Waals surface area contributed by atoms with Gasteiger partial charge in [-0.25, -0.2) is 4.57 Å². The topological polar surface area (TPSA) is 108 Å². The van der Waals surface area contributed by atoms with Crippen LogP contribution in [0.3, 0.4) is 0 Å². The van der Waals surface area contributed by atoms with Crippen LogP contribution in [0.1, 0.15) is 129 Å². The summed E-state index contributed by atoms with van der Waals surface area (Å²) in [5.74, 6) is -0.856. The average molecular weight is 595 g/mol. The highest BCUT2D eigenvalue weighted by molar-refractivity contribution is 7.47. The Morgan fingerprint density at radius 2 is 1.18 bits per heavy atom. The molecule has 0 spiro atoms. The number of hydrogen-bond acceptors (Lipinski definition) is 7. The Hall–Kier alpha value is -0.990. The molecule has 40 heavy (non-hydrogen) atoms. The second-order valence-corrected chi connectivity index (χ2v) is 13.3. The maximum Gasteiger partial charge on any atom is 0.472 e. The van der Waals surface area contributed by atoms with Crippen molar-refractivity contribution in [2.24, 2.45) is 0 Å². The molecule has 0 aromatic heterocycles. The minimum Gasteiger partial charge on any atom is -0.462 e. The van der Waals surface area contributed by atoms with Crippen LogP contribution in [0.15, 0.2) is 0 Å². The molecule has 0 aliphatic carbocycles. The van der Waals surface area contributed by atoms with E-state index in [1.165, 1.54) is 77.0 Å². The Morgan fingerprint density at radius 3 is 1.65 bits per heavy atom. The normalized spacial score (nSPS) is 14.1. The van der Waals surface area contributed by atoms with E-state index < -0.39 is 26.5 Å². The summed E-state index contributed by atoms with van der Waals surface area (Å²) in [7, 11) is 1.48. The van der Waals surface area contributed by atoms with E-state index in [9.17, 15) is 19.0 Å². The number of ether oxygens (including phenoxy) is 2. The minimum atomic E-state index is -4.33. The van der Waals surface area contributed by atoms with Crippen molar-refractivity contribution in [3.05, 3.63) is 0 Å². The van der Waals surface area contributed by atoms with Gasteiger partial charge in [0.15, 0.2) is 6.10 Å². The first-order chi connectivity index (χ1) is 19.0. The van der Waals surface area contributed by atoms with E-state index in [2.05, 4.69) is 6.92 Å². The van der Waals surface area contributed by atoms with Crippen molar-refractivity contribution in [3.63, 3.8) is 0 Å². The number of carbonyl (C=O) groups excluding carboxylic acids is 2. The van der Waals surface area contributed by atoms with Gasteiger partial charge in [-0.2, -0.15) is 0 Å². The minimum absolute atomic E-state index is 0.0335. The molecule has 0 aromatic carbocycles. The first-order valence-corrected chi connectivity index (χ1v) is 17.3. The predicted octanol–water partition coefficient (Wildman–Crippen LogP) is 7.34. The number of esters is 2. The monoisotopic (exact) mass is 594 g/mol. The molecule has 0 rings (SSSR count). The lowest BCUT2D eigenvalue weighted by Crippen LogP contribution is -2.37. The Labute approximate surface area is 244 Å². The molecule has 0 radical (unpaired) electrons. The molecule has 2 atom stereocenters. The van der Waals surface area contributed by atoms with Crippen molar-refractivity contribution in [2.75, 3.05) is 47.5 Å². The first-order valence-electron chi connectivity index (χ1n) is 15.8. The van der Waals surface area contributed by atoms with Crippen molar-refractivity contribution in [1.29, 1.82) is 0 Å². The fourth-order valence-corrected chi connectivity index (χ4v) is 4.85. The van der Waals surface area contributed by atoms with E-state index in [-0.39, 0.29) is 25.6 Å². The van der Waals surface area contributed by atoms with E-state index in [0.29, 0.717) is 23.9 Å². The summed E-state index contributed by atoms with van der Waals surface area (Å²) in [4.78, 5) is 34.1. The molecule has 238 valence electrons. The molecule has 0 saturated heterocycles. The summed E-state index contributed by atoms with van der Waals surface area (Å²) in [5.41, 5.74) is 0. The van der Waals surface area contributed by atoms with Gasteiger partial charge in [0, 0.05) is 12.8 Å². The second kappa shape index (κ2) is 24.6. The number of hydrogen-bond donors (Lipinski definition) is 1. The van der Waals surface area contributed by atoms with Crippen LogP contribution in [0.4, 0.5) is 0 Å². The fourth-order valence-electron chi connectivity index (χ4n) is 4.11. The Morgan fingerprint density at radius 1 is 0.675 bits per heavy atom. The lowest BCUT2D eigenvalue weighted by molar-refractivity contribution is -0.870. The Bertz CT molecular complexity index is 683. The van der Waals surface area contributed by atoms with Crippen molar-refractivity contribution < 1.29 is 42.1 Å². The average Bonchev–Trinajstić information content (AvgIpc) is 2.87. The predicted molar refractivity (Wildman–Crippen MR) is 160 cm³/mol. The van der Waals surface area contributed by atoms with Crippen molar-refractivity contribution in [1.82, 2.24) is 0 Å². The molecule has 1 N–H and O–H groups in total. The molecular formula is C30H61NO8P+. The van der Waals surface area contributed by atoms with Gasteiger partial charge in [-0.15, -0.1) is 0 Å². The summed E-state index contributed by atoms with van der Waals surface area (Å²) >= 11 is 0. The lowest BCUT2D eigenvalue weighted by Gasteiger charge is -2.24. The maximum atomic E-state index is 12.2. The Kier molecular flexibility index (Phi) is 24.0. The number of quaternary nitrogens is 1. The van der Waals surface area contributed by atoms with Gasteiger partial charge >= 0.3 is 19.8 Å². The van der Waals surface area contributed by atoms with Gasteiger partial charge in [-0.05, 0) is 12.8 Å². The molecule has 1 unspecified atom stereocenters. The second-order valence-electron chi connectivity index (χ2n) is 11.9. The maximum absolute atomic E-state index is 12.2. The molecule has 0 heterocycles. The number of rotatable bonds is 28. The molecule has 0 amide bonds. The molecule has 0 aromatic rings. The Balaban J connectivity index is 4.05. The third-order valence-corrected chi connectivity index (χ3v) is 7.59. The van der Waals surface area contributed by atoms with Gasteiger partial charge in [0.2, 0.25) is 0 Å². The summed E-state index contributed by atoms with van der Waals surface area (Å²) in [6, 6.07) is 0. The van der Waals surface area contributed by atoms with Crippen LogP contribution in [-0.4, -0.2) is 74.9 Å². The lowest BCUT2D eigenvalue weighted by atomic mass is 10.0. The van der Waals surface area contributed by atoms with Crippen LogP contribution in [0, 0.1) is 0 Å². The number of phosphoric ester groups is 1. The number of likely N-dealkylation sites (N-methyl/N-ethyl adjacent to an activating group) is 1. The third kappa shape index (κ3) is 27.2. The largest absolute Gasteiger partial charge is 0.472 e. The highest BCUT2D eigenvalue weighted by atomic mass is 31.2. The van der Waals surface area contributed by atoms with E-state index in [0.717, 1.165) is 19.3 Å². The zero-order valence-electron chi connectivity index (χ0n) is 26.3. The van der Waals surface area contributed by atoms with E-state index in [1.54, 1.807) is 0 Å². The van der Waals surface area contributed by atoms with E-state index in [4.69, 9.17) is 18.5 Å². The van der Waals surface area contributed by atoms with Crippen LogP contribution in [0.25, 0.3) is 0 Å². The SMILES string of the molecule is CCCCCCCCCCCCCCCCCC(=O)OC[C@H](COP(=O)(O)OCC[N+](C)(C)C)OC(=O)CCC. The van der Waals surface area contributed by atoms with E-state index >= 15 is 0 Å². The van der Waals surface area contributed by atoms with Crippen LogP contribution in [0.5, 0.6) is 0 Å². The molecule has 0 fully saturated rings. The van der Waals surface area contributed by atoms with Gasteiger partial charge in [-0.3, -0.25) is 18.6 Å². The standard InChI is InChI=1S/C30H60NO8P/c1-6-8-9-10-11-12-13-14-15-16-17-18-19-20-21-23-29(32)36-26-28(39-30(33)22-7-2)27-38-40(34,35)37-25-24-31(3,4)5/h28H,6-27H2,1-5H3/p+1/t28-/m1/s1. The van der Waals surface area contributed by atoms with Gasteiger partial charge in [0.25, 0.3) is 0 Å². The molecular weight excluding hydrogens is 533 g/mol. The number of phosphoric acid groups is 1. The summed E-state index contributed by atoms with van der Waals surface area (Å²) in [6.45, 7) is 4.01. The van der Waals surface area contributed by atoms with Crippen LogP contribution in [-0.2, 0) is 32.7 Å². The van der Waals surface area contributed by atoms with Crippen LogP contribution in [0.2, 0.25) is 0 Å². The van der Waals surface area contributed by atoms with Crippen molar-refractivity contribution >= 4 is 19.8 Å². The summed E-state index contributed by atoms with van der Waals surface area (Å²) in [5, 5.41) is 0.